The summed E-state index contributed by atoms with van der Waals surface area (Å²) in [5, 5.41) is 9.29. The van der Waals surface area contributed by atoms with E-state index >= 15 is 0 Å². The fourth-order valence-electron chi connectivity index (χ4n) is 1.64. The Bertz CT molecular complexity index is 712. The first-order chi connectivity index (χ1) is 9.40. The predicted molar refractivity (Wildman–Crippen MR) is 77.7 cm³/mol. The van der Waals surface area contributed by atoms with Gasteiger partial charge in [0.1, 0.15) is 17.3 Å². The maximum atomic E-state index is 11.5. The topological polar surface area (TPSA) is 87.2 Å². The van der Waals surface area contributed by atoms with Gasteiger partial charge in [0.15, 0.2) is 0 Å². The summed E-state index contributed by atoms with van der Waals surface area (Å²) in [6.45, 7) is 2.97. The molecule has 0 radical (unpaired) electrons. The van der Waals surface area contributed by atoms with Crippen molar-refractivity contribution < 1.29 is 13.2 Å². The van der Waals surface area contributed by atoms with Crippen LogP contribution in [0.15, 0.2) is 40.0 Å². The second kappa shape index (κ2) is 5.94. The largest absolute Gasteiger partial charge is 0.487 e. The van der Waals surface area contributed by atoms with Crippen LogP contribution in [0, 0.1) is 0 Å². The average molecular weight is 360 g/mol. The Labute approximate surface area is 125 Å². The van der Waals surface area contributed by atoms with E-state index in [-0.39, 0.29) is 17.3 Å². The lowest BCUT2D eigenvalue weighted by Gasteiger charge is -2.09. The Balaban J connectivity index is 2.21. The second-order valence-corrected chi connectivity index (χ2v) is 6.57. The van der Waals surface area contributed by atoms with Crippen molar-refractivity contribution >= 4 is 26.0 Å². The molecular formula is C12H14BrN3O3S. The standard InChI is InChI=1S/C12H14BrN3O3S/c1-2-16-7-9(6-15-16)8-19-11-4-3-10(13)5-12(11)20(14,17)18/h3-7H,2,8H2,1H3,(H2,14,17,18). The monoisotopic (exact) mass is 359 g/mol. The van der Waals surface area contributed by atoms with Gasteiger partial charge in [-0.05, 0) is 25.1 Å². The van der Waals surface area contributed by atoms with Gasteiger partial charge in [0.2, 0.25) is 10.0 Å². The van der Waals surface area contributed by atoms with Crippen molar-refractivity contribution in [3.63, 3.8) is 0 Å². The van der Waals surface area contributed by atoms with Gasteiger partial charge in [-0.25, -0.2) is 13.6 Å². The molecule has 2 aromatic rings. The number of nitrogens with two attached hydrogens (primary N) is 1. The first-order valence-electron chi connectivity index (χ1n) is 5.86. The van der Waals surface area contributed by atoms with Gasteiger partial charge in [0, 0.05) is 22.8 Å². The van der Waals surface area contributed by atoms with Crippen LogP contribution in [0.5, 0.6) is 5.75 Å². The highest BCUT2D eigenvalue weighted by Crippen LogP contribution is 2.27. The third-order valence-corrected chi connectivity index (χ3v) is 4.04. The smallest absolute Gasteiger partial charge is 0.241 e. The highest BCUT2D eigenvalue weighted by Gasteiger charge is 2.16. The van der Waals surface area contributed by atoms with Crippen molar-refractivity contribution in [1.29, 1.82) is 0 Å². The maximum absolute atomic E-state index is 11.5. The van der Waals surface area contributed by atoms with Crippen LogP contribution >= 0.6 is 15.9 Å². The summed E-state index contributed by atoms with van der Waals surface area (Å²) in [6, 6.07) is 4.67. The number of nitrogens with zero attached hydrogens (tertiary/aromatic N) is 2. The molecule has 0 spiro atoms. The molecule has 0 atom stereocenters. The molecule has 6 nitrogen and oxygen atoms in total. The summed E-state index contributed by atoms with van der Waals surface area (Å²) >= 11 is 3.21. The number of ether oxygens (including phenoxy) is 1. The minimum atomic E-state index is -3.84. The number of rotatable bonds is 5. The number of benzene rings is 1. The molecule has 0 aliphatic rings. The van der Waals surface area contributed by atoms with Crippen LogP contribution in [0.2, 0.25) is 0 Å². The zero-order valence-corrected chi connectivity index (χ0v) is 13.2. The fourth-order valence-corrected chi connectivity index (χ4v) is 2.85. The van der Waals surface area contributed by atoms with Crippen LogP contribution in [-0.2, 0) is 23.2 Å². The number of sulfonamides is 1. The first kappa shape index (κ1) is 15.0. The zero-order chi connectivity index (χ0) is 14.8. The third-order valence-electron chi connectivity index (χ3n) is 2.62. The molecule has 0 amide bonds. The Morgan fingerprint density at radius 3 is 2.80 bits per heavy atom. The van der Waals surface area contributed by atoms with Gasteiger partial charge in [0.25, 0.3) is 0 Å². The van der Waals surface area contributed by atoms with Gasteiger partial charge < -0.3 is 4.74 Å². The van der Waals surface area contributed by atoms with Gasteiger partial charge in [0.05, 0.1) is 6.20 Å². The minimum Gasteiger partial charge on any atom is -0.487 e. The summed E-state index contributed by atoms with van der Waals surface area (Å²) in [4.78, 5) is -0.0465. The van der Waals surface area contributed by atoms with E-state index in [0.717, 1.165) is 12.1 Å². The number of aromatic nitrogens is 2. The van der Waals surface area contributed by atoms with E-state index in [4.69, 9.17) is 9.88 Å². The van der Waals surface area contributed by atoms with E-state index in [2.05, 4.69) is 21.0 Å². The predicted octanol–water partition coefficient (Wildman–Crippen LogP) is 1.89. The van der Waals surface area contributed by atoms with Gasteiger partial charge >= 0.3 is 0 Å². The molecule has 2 rings (SSSR count). The highest BCUT2D eigenvalue weighted by molar-refractivity contribution is 9.10. The van der Waals surface area contributed by atoms with E-state index in [1.807, 2.05) is 13.1 Å². The molecule has 0 aliphatic heterocycles. The van der Waals surface area contributed by atoms with Crippen molar-refractivity contribution in [2.45, 2.75) is 25.0 Å². The molecule has 1 aromatic carbocycles. The number of hydrogen-bond acceptors (Lipinski definition) is 4. The van der Waals surface area contributed by atoms with Crippen molar-refractivity contribution in [1.82, 2.24) is 9.78 Å². The van der Waals surface area contributed by atoms with Crippen LogP contribution in [0.25, 0.3) is 0 Å². The first-order valence-corrected chi connectivity index (χ1v) is 8.20. The quantitative estimate of drug-likeness (QED) is 0.882. The van der Waals surface area contributed by atoms with Crippen LogP contribution in [-0.4, -0.2) is 18.2 Å². The Hall–Kier alpha value is -1.38. The minimum absolute atomic E-state index is 0.0465. The van der Waals surface area contributed by atoms with Gasteiger partial charge in [-0.2, -0.15) is 5.10 Å². The van der Waals surface area contributed by atoms with Crippen molar-refractivity contribution in [3.8, 4) is 5.75 Å². The van der Waals surface area contributed by atoms with E-state index in [9.17, 15) is 8.42 Å². The molecule has 0 bridgehead atoms. The Kier molecular flexibility index (Phi) is 4.46. The van der Waals surface area contributed by atoms with E-state index < -0.39 is 10.0 Å². The average Bonchev–Trinajstić information content (AvgIpc) is 2.84. The lowest BCUT2D eigenvalue weighted by molar-refractivity contribution is 0.297. The fraction of sp³-hybridized carbons (Fsp3) is 0.250. The summed E-state index contributed by atoms with van der Waals surface area (Å²) < 4.78 is 31.0. The normalized spacial score (nSPS) is 11.6. The van der Waals surface area contributed by atoms with Gasteiger partial charge in [-0.15, -0.1) is 0 Å². The molecule has 20 heavy (non-hydrogen) atoms. The summed E-state index contributed by atoms with van der Waals surface area (Å²) in [7, 11) is -3.84. The molecule has 2 N–H and O–H groups in total. The lowest BCUT2D eigenvalue weighted by atomic mass is 10.3. The van der Waals surface area contributed by atoms with Crippen molar-refractivity contribution in [2.75, 3.05) is 0 Å². The van der Waals surface area contributed by atoms with E-state index in [1.54, 1.807) is 23.0 Å². The van der Waals surface area contributed by atoms with Crippen LogP contribution in [0.3, 0.4) is 0 Å². The Morgan fingerprint density at radius 1 is 1.45 bits per heavy atom. The van der Waals surface area contributed by atoms with E-state index in [1.165, 1.54) is 6.07 Å². The SMILES string of the molecule is CCn1cc(COc2ccc(Br)cc2S(N)(=O)=O)cn1. The van der Waals surface area contributed by atoms with Crippen LogP contribution in [0.4, 0.5) is 0 Å². The molecule has 1 heterocycles. The van der Waals surface area contributed by atoms with Crippen molar-refractivity contribution in [2.24, 2.45) is 5.14 Å². The van der Waals surface area contributed by atoms with Gasteiger partial charge in [-0.3, -0.25) is 4.68 Å². The molecule has 1 aromatic heterocycles. The van der Waals surface area contributed by atoms with Crippen molar-refractivity contribution in [3.05, 3.63) is 40.6 Å². The van der Waals surface area contributed by atoms with Gasteiger partial charge in [-0.1, -0.05) is 15.9 Å². The number of primary sulfonamides is 1. The summed E-state index contributed by atoms with van der Waals surface area (Å²) in [6.07, 6.45) is 3.52. The molecule has 108 valence electrons. The lowest BCUT2D eigenvalue weighted by Crippen LogP contribution is -2.14. The third kappa shape index (κ3) is 3.59. The molecular weight excluding hydrogens is 346 g/mol. The maximum Gasteiger partial charge on any atom is 0.241 e. The molecule has 0 unspecified atom stereocenters. The Morgan fingerprint density at radius 2 is 2.20 bits per heavy atom. The zero-order valence-electron chi connectivity index (χ0n) is 10.8. The molecule has 0 saturated carbocycles. The summed E-state index contributed by atoms with van der Waals surface area (Å²) in [5.74, 6) is 0.222. The number of aryl methyl sites for hydroxylation is 1. The highest BCUT2D eigenvalue weighted by atomic mass is 79.9. The number of halogens is 1. The molecule has 0 fully saturated rings. The van der Waals surface area contributed by atoms with Crippen LogP contribution < -0.4 is 9.88 Å². The van der Waals surface area contributed by atoms with Crippen LogP contribution in [0.1, 0.15) is 12.5 Å². The molecule has 0 aliphatic carbocycles. The second-order valence-electron chi connectivity index (χ2n) is 4.13. The molecule has 0 saturated heterocycles. The number of hydrogen-bond donors (Lipinski definition) is 1. The molecule has 8 heteroatoms. The van der Waals surface area contributed by atoms with E-state index in [0.29, 0.717) is 4.47 Å². The summed E-state index contributed by atoms with van der Waals surface area (Å²) in [5.41, 5.74) is 0.857.